The first-order valence-electron chi connectivity index (χ1n) is 2.12. The maximum absolute atomic E-state index is 4.84. The third kappa shape index (κ3) is 1.29. The first-order chi connectivity index (χ1) is 3.29. The van der Waals surface area contributed by atoms with Crippen LogP contribution in [0, 0.1) is 0 Å². The molecule has 0 aromatic carbocycles. The van der Waals surface area contributed by atoms with E-state index >= 15 is 0 Å². The molecule has 1 unspecified atom stereocenters. The molecule has 0 saturated carbocycles. The van der Waals surface area contributed by atoms with Crippen LogP contribution in [0.2, 0.25) is 0 Å². The fourth-order valence-electron chi connectivity index (χ4n) is 0.454. The Bertz CT molecular complexity index is 102. The fraction of sp³-hybridized carbons (Fsp3) is 0.750. The lowest BCUT2D eigenvalue weighted by molar-refractivity contribution is 0.159. The van der Waals surface area contributed by atoms with E-state index in [0.29, 0.717) is 0 Å². The predicted octanol–water partition coefficient (Wildman–Crippen LogP) is 1.54. The third-order valence-electron chi connectivity index (χ3n) is 0.779. The number of rotatable bonds is 0. The molecule has 1 aliphatic heterocycles. The SMILES string of the molecule is CC1=NOC(I)C1. The first kappa shape index (κ1) is 5.34. The van der Waals surface area contributed by atoms with Crippen LogP contribution in [0.25, 0.3) is 0 Å². The third-order valence-corrected chi connectivity index (χ3v) is 1.45. The van der Waals surface area contributed by atoms with Gasteiger partial charge in [0.2, 0.25) is 0 Å². The van der Waals surface area contributed by atoms with E-state index in [1.807, 2.05) is 6.92 Å². The highest BCUT2D eigenvalue weighted by molar-refractivity contribution is 14.1. The highest BCUT2D eigenvalue weighted by Crippen LogP contribution is 2.15. The molecule has 1 heterocycles. The van der Waals surface area contributed by atoms with Crippen molar-refractivity contribution in [1.29, 1.82) is 0 Å². The van der Waals surface area contributed by atoms with E-state index < -0.39 is 0 Å². The molecule has 0 amide bonds. The van der Waals surface area contributed by atoms with E-state index in [4.69, 9.17) is 4.84 Å². The molecular weight excluding hydrogens is 205 g/mol. The zero-order valence-corrected chi connectivity index (χ0v) is 6.18. The lowest BCUT2D eigenvalue weighted by Gasteiger charge is -1.91. The van der Waals surface area contributed by atoms with Crippen LogP contribution in [0.3, 0.4) is 0 Å². The Morgan fingerprint density at radius 1 is 2.00 bits per heavy atom. The minimum atomic E-state index is 0.289. The summed E-state index contributed by atoms with van der Waals surface area (Å²) in [5, 5.41) is 3.73. The van der Waals surface area contributed by atoms with Gasteiger partial charge in [0.25, 0.3) is 0 Å². The monoisotopic (exact) mass is 211 g/mol. The average molecular weight is 211 g/mol. The Kier molecular flexibility index (Phi) is 1.51. The van der Waals surface area contributed by atoms with Crippen LogP contribution in [0.1, 0.15) is 13.3 Å². The topological polar surface area (TPSA) is 21.6 Å². The second kappa shape index (κ2) is 1.98. The van der Waals surface area contributed by atoms with Gasteiger partial charge in [-0.3, -0.25) is 0 Å². The molecule has 1 aliphatic rings. The molecule has 0 aliphatic carbocycles. The van der Waals surface area contributed by atoms with Gasteiger partial charge in [-0.1, -0.05) is 5.16 Å². The van der Waals surface area contributed by atoms with Gasteiger partial charge in [-0.2, -0.15) is 0 Å². The molecule has 7 heavy (non-hydrogen) atoms. The number of nitrogens with zero attached hydrogens (tertiary/aromatic N) is 1. The summed E-state index contributed by atoms with van der Waals surface area (Å²) >= 11 is 2.21. The van der Waals surface area contributed by atoms with Crippen molar-refractivity contribution < 1.29 is 4.84 Å². The molecule has 0 fully saturated rings. The summed E-state index contributed by atoms with van der Waals surface area (Å²) in [7, 11) is 0. The molecular formula is C4H6INO. The summed E-state index contributed by atoms with van der Waals surface area (Å²) in [4.78, 5) is 4.84. The summed E-state index contributed by atoms with van der Waals surface area (Å²) in [6.07, 6.45) is 0.987. The zero-order chi connectivity index (χ0) is 5.28. The van der Waals surface area contributed by atoms with Crippen LogP contribution in [-0.4, -0.2) is 9.82 Å². The highest BCUT2D eigenvalue weighted by atomic mass is 127. The Morgan fingerprint density at radius 2 is 2.71 bits per heavy atom. The number of oxime groups is 1. The van der Waals surface area contributed by atoms with Gasteiger partial charge in [-0.05, 0) is 29.5 Å². The zero-order valence-electron chi connectivity index (χ0n) is 4.02. The molecule has 0 aromatic rings. The van der Waals surface area contributed by atoms with E-state index in [0.717, 1.165) is 12.1 Å². The molecule has 40 valence electrons. The van der Waals surface area contributed by atoms with E-state index in [1.165, 1.54) is 0 Å². The first-order valence-corrected chi connectivity index (χ1v) is 3.37. The molecule has 0 saturated heterocycles. The van der Waals surface area contributed by atoms with Crippen LogP contribution in [0.15, 0.2) is 5.16 Å². The quantitative estimate of drug-likeness (QED) is 0.440. The van der Waals surface area contributed by atoms with Crippen molar-refractivity contribution in [3.63, 3.8) is 0 Å². The normalized spacial score (nSPS) is 29.4. The van der Waals surface area contributed by atoms with Gasteiger partial charge in [-0.15, -0.1) is 0 Å². The van der Waals surface area contributed by atoms with E-state index in [1.54, 1.807) is 0 Å². The van der Waals surface area contributed by atoms with Crippen LogP contribution >= 0.6 is 22.6 Å². The molecule has 0 spiro atoms. The molecule has 0 bridgehead atoms. The Balaban J connectivity index is 2.42. The minimum Gasteiger partial charge on any atom is -0.382 e. The van der Waals surface area contributed by atoms with Gasteiger partial charge in [0, 0.05) is 6.42 Å². The smallest absolute Gasteiger partial charge is 0.182 e. The Morgan fingerprint density at radius 3 is 2.86 bits per heavy atom. The molecule has 1 rings (SSSR count). The summed E-state index contributed by atoms with van der Waals surface area (Å²) in [6, 6.07) is 0. The van der Waals surface area contributed by atoms with Gasteiger partial charge < -0.3 is 4.84 Å². The molecule has 3 heteroatoms. The van der Waals surface area contributed by atoms with E-state index in [9.17, 15) is 0 Å². The van der Waals surface area contributed by atoms with Crippen molar-refractivity contribution in [2.45, 2.75) is 17.5 Å². The summed E-state index contributed by atoms with van der Waals surface area (Å²) < 4.78 is 0.289. The van der Waals surface area contributed by atoms with Gasteiger partial charge in [-0.25, -0.2) is 0 Å². The van der Waals surface area contributed by atoms with Crippen LogP contribution in [0.4, 0.5) is 0 Å². The van der Waals surface area contributed by atoms with Gasteiger partial charge in [0.15, 0.2) is 4.11 Å². The van der Waals surface area contributed by atoms with Crippen molar-refractivity contribution in [1.82, 2.24) is 0 Å². The lowest BCUT2D eigenvalue weighted by Crippen LogP contribution is -1.93. The summed E-state index contributed by atoms with van der Waals surface area (Å²) in [5.41, 5.74) is 1.10. The van der Waals surface area contributed by atoms with Gasteiger partial charge in [0.05, 0.1) is 5.71 Å². The molecule has 1 atom stereocenters. The van der Waals surface area contributed by atoms with E-state index in [2.05, 4.69) is 27.7 Å². The Labute approximate surface area is 56.1 Å². The Hall–Kier alpha value is 0.200. The number of hydrogen-bond acceptors (Lipinski definition) is 2. The second-order valence-electron chi connectivity index (χ2n) is 1.55. The van der Waals surface area contributed by atoms with Crippen molar-refractivity contribution in [2.75, 3.05) is 0 Å². The number of halogens is 1. The van der Waals surface area contributed by atoms with Gasteiger partial charge in [0.1, 0.15) is 0 Å². The number of alkyl halides is 1. The molecule has 2 nitrogen and oxygen atoms in total. The standard InChI is InChI=1S/C4H6INO/c1-3-2-4(5)7-6-3/h4H,2H2,1H3. The van der Waals surface area contributed by atoms with Crippen LogP contribution < -0.4 is 0 Å². The number of hydrogen-bond donors (Lipinski definition) is 0. The average Bonchev–Trinajstić information content (AvgIpc) is 1.87. The van der Waals surface area contributed by atoms with Crippen molar-refractivity contribution in [3.05, 3.63) is 0 Å². The second-order valence-corrected chi connectivity index (χ2v) is 2.94. The lowest BCUT2D eigenvalue weighted by atomic mass is 10.3. The fourth-order valence-corrected chi connectivity index (χ4v) is 1.21. The highest BCUT2D eigenvalue weighted by Gasteiger charge is 2.12. The summed E-state index contributed by atoms with van der Waals surface area (Å²) in [6.45, 7) is 1.97. The molecule has 0 aromatic heterocycles. The van der Waals surface area contributed by atoms with Crippen molar-refractivity contribution >= 4 is 28.3 Å². The molecule has 0 N–H and O–H groups in total. The predicted molar refractivity (Wildman–Crippen MR) is 36.6 cm³/mol. The van der Waals surface area contributed by atoms with Crippen LogP contribution in [-0.2, 0) is 4.84 Å². The molecule has 0 radical (unpaired) electrons. The minimum absolute atomic E-state index is 0.289. The van der Waals surface area contributed by atoms with Crippen molar-refractivity contribution in [2.24, 2.45) is 5.16 Å². The maximum Gasteiger partial charge on any atom is 0.182 e. The van der Waals surface area contributed by atoms with Crippen LogP contribution in [0.5, 0.6) is 0 Å². The maximum atomic E-state index is 4.84. The summed E-state index contributed by atoms with van der Waals surface area (Å²) in [5.74, 6) is 0. The van der Waals surface area contributed by atoms with Crippen molar-refractivity contribution in [3.8, 4) is 0 Å². The largest absolute Gasteiger partial charge is 0.382 e. The van der Waals surface area contributed by atoms with E-state index in [-0.39, 0.29) is 4.11 Å². The van der Waals surface area contributed by atoms with Gasteiger partial charge >= 0.3 is 0 Å².